The Hall–Kier alpha value is -2.60. The number of aromatic nitrogens is 1. The Morgan fingerprint density at radius 2 is 1.82 bits per heavy atom. The lowest BCUT2D eigenvalue weighted by molar-refractivity contribution is -0.166. The van der Waals surface area contributed by atoms with Gasteiger partial charge in [-0.1, -0.05) is 18.2 Å². The first-order chi connectivity index (χ1) is 10.7. The molecule has 0 radical (unpaired) electrons. The monoisotopic (exact) mass is 298 g/mol. The van der Waals surface area contributed by atoms with Gasteiger partial charge in [0, 0.05) is 47.3 Å². The number of esters is 2. The van der Waals surface area contributed by atoms with E-state index >= 15 is 0 Å². The number of carbonyl (C=O) groups is 2. The van der Waals surface area contributed by atoms with Gasteiger partial charge in [-0.25, -0.2) is 9.59 Å². The van der Waals surface area contributed by atoms with Crippen molar-refractivity contribution in [3.05, 3.63) is 47.7 Å². The molecular weight excluding hydrogens is 284 g/mol. The molecule has 0 saturated heterocycles. The van der Waals surface area contributed by atoms with Crippen LogP contribution in [0.25, 0.3) is 10.9 Å². The summed E-state index contributed by atoms with van der Waals surface area (Å²) >= 11 is 0. The molecule has 1 aromatic carbocycles. The molecule has 0 saturated carbocycles. The Balaban J connectivity index is 1.89. The molecule has 4 rings (SSSR count). The van der Waals surface area contributed by atoms with Gasteiger partial charge in [0.05, 0.1) is 0 Å². The van der Waals surface area contributed by atoms with Gasteiger partial charge in [-0.3, -0.25) is 5.32 Å². The van der Waals surface area contributed by atoms with Crippen molar-refractivity contribution in [2.75, 3.05) is 6.54 Å². The maximum Gasteiger partial charge on any atom is 0.332 e. The summed E-state index contributed by atoms with van der Waals surface area (Å²) in [7, 11) is 0. The third-order valence-electron chi connectivity index (χ3n) is 3.95. The fraction of sp³-hybridized carbons (Fsp3) is 0.250. The van der Waals surface area contributed by atoms with Gasteiger partial charge in [-0.05, 0) is 6.07 Å². The minimum Gasteiger partial charge on any atom is -0.449 e. The van der Waals surface area contributed by atoms with E-state index in [2.05, 4.69) is 10.3 Å². The predicted molar refractivity (Wildman–Crippen MR) is 77.9 cm³/mol. The Labute approximate surface area is 126 Å². The van der Waals surface area contributed by atoms with Crippen molar-refractivity contribution < 1.29 is 19.1 Å². The summed E-state index contributed by atoms with van der Waals surface area (Å²) in [6.07, 6.45) is 1.55. The number of hydrogen-bond donors (Lipinski definition) is 2. The summed E-state index contributed by atoms with van der Waals surface area (Å²) in [6.45, 7) is 0.621. The molecule has 0 amide bonds. The normalized spacial score (nSPS) is 26.0. The third-order valence-corrected chi connectivity index (χ3v) is 3.95. The van der Waals surface area contributed by atoms with Crippen molar-refractivity contribution in [3.63, 3.8) is 0 Å². The quantitative estimate of drug-likeness (QED) is 0.717. The Bertz CT molecular complexity index is 793. The first kappa shape index (κ1) is 13.1. The number of ether oxygens (including phenoxy) is 2. The van der Waals surface area contributed by atoms with E-state index < -0.39 is 24.3 Å². The van der Waals surface area contributed by atoms with Gasteiger partial charge in [0.1, 0.15) is 0 Å². The van der Waals surface area contributed by atoms with Crippen LogP contribution in [-0.4, -0.2) is 29.7 Å². The highest BCUT2D eigenvalue weighted by atomic mass is 16.6. The summed E-state index contributed by atoms with van der Waals surface area (Å²) < 4.78 is 10.9. The van der Waals surface area contributed by atoms with E-state index in [0.717, 1.165) is 40.7 Å². The van der Waals surface area contributed by atoms with E-state index in [9.17, 15) is 9.59 Å². The van der Waals surface area contributed by atoms with Gasteiger partial charge in [-0.2, -0.15) is 0 Å². The zero-order valence-electron chi connectivity index (χ0n) is 11.7. The molecule has 2 atom stereocenters. The minimum atomic E-state index is -0.693. The van der Waals surface area contributed by atoms with E-state index in [4.69, 9.17) is 9.47 Å². The average Bonchev–Trinajstić information content (AvgIpc) is 2.79. The minimum absolute atomic E-state index is 0.549. The Kier molecular flexibility index (Phi) is 2.97. The van der Waals surface area contributed by atoms with Crippen molar-refractivity contribution in [2.24, 2.45) is 0 Å². The summed E-state index contributed by atoms with van der Waals surface area (Å²) in [4.78, 5) is 26.9. The van der Waals surface area contributed by atoms with E-state index in [1.54, 1.807) is 0 Å². The van der Waals surface area contributed by atoms with E-state index in [-0.39, 0.29) is 0 Å². The van der Waals surface area contributed by atoms with Crippen LogP contribution in [0.1, 0.15) is 17.4 Å². The van der Waals surface area contributed by atoms with Crippen molar-refractivity contribution >= 4 is 22.8 Å². The fourth-order valence-electron chi connectivity index (χ4n) is 3.03. The second kappa shape index (κ2) is 4.99. The second-order valence-corrected chi connectivity index (χ2v) is 5.32. The van der Waals surface area contributed by atoms with E-state index in [0.29, 0.717) is 6.54 Å². The van der Waals surface area contributed by atoms with Crippen LogP contribution in [-0.2, 0) is 25.5 Å². The van der Waals surface area contributed by atoms with Crippen LogP contribution >= 0.6 is 0 Å². The molecule has 0 fully saturated rings. The molecule has 0 aliphatic carbocycles. The number of fused-ring (bicyclic) bond motifs is 5. The maximum absolute atomic E-state index is 11.9. The van der Waals surface area contributed by atoms with Gasteiger partial charge in [0.25, 0.3) is 0 Å². The summed E-state index contributed by atoms with van der Waals surface area (Å²) in [5.41, 5.74) is 2.85. The van der Waals surface area contributed by atoms with Crippen molar-refractivity contribution in [1.29, 1.82) is 0 Å². The highest BCUT2D eigenvalue weighted by molar-refractivity contribution is 5.93. The maximum atomic E-state index is 11.9. The molecule has 2 aliphatic heterocycles. The van der Waals surface area contributed by atoms with Crippen LogP contribution in [0.3, 0.4) is 0 Å². The number of rotatable bonds is 0. The lowest BCUT2D eigenvalue weighted by Gasteiger charge is -2.26. The molecule has 2 aromatic rings. The molecule has 22 heavy (non-hydrogen) atoms. The van der Waals surface area contributed by atoms with E-state index in [1.165, 1.54) is 0 Å². The van der Waals surface area contributed by atoms with Gasteiger partial charge < -0.3 is 14.5 Å². The molecule has 0 bridgehead atoms. The molecule has 0 spiro atoms. The van der Waals surface area contributed by atoms with Crippen LogP contribution in [0.4, 0.5) is 0 Å². The molecule has 2 aliphatic rings. The average molecular weight is 298 g/mol. The smallest absolute Gasteiger partial charge is 0.332 e. The molecule has 2 N–H and O–H groups in total. The summed E-state index contributed by atoms with van der Waals surface area (Å²) in [5.74, 6) is -1.10. The van der Waals surface area contributed by atoms with Gasteiger partial charge in [0.2, 0.25) is 0 Å². The van der Waals surface area contributed by atoms with Gasteiger partial charge in [0.15, 0.2) is 12.3 Å². The zero-order valence-corrected chi connectivity index (χ0v) is 11.7. The largest absolute Gasteiger partial charge is 0.449 e. The molecule has 1 aromatic heterocycles. The standard InChI is InChI=1S/C16H14N2O4/c19-12-5-6-13(20)22-16-15(21-12)14-9-3-1-2-4-10(9)18-11(14)7-8-17-16/h1-6,15-18H,7-8H2/b6-5-. The van der Waals surface area contributed by atoms with Crippen LogP contribution in [0.2, 0.25) is 0 Å². The molecule has 2 unspecified atom stereocenters. The van der Waals surface area contributed by atoms with Crippen molar-refractivity contribution in [1.82, 2.24) is 10.3 Å². The number of benzene rings is 1. The summed E-state index contributed by atoms with van der Waals surface area (Å²) in [6, 6.07) is 7.82. The zero-order chi connectivity index (χ0) is 15.1. The molecule has 3 heterocycles. The third kappa shape index (κ3) is 2.08. The van der Waals surface area contributed by atoms with Crippen LogP contribution in [0.5, 0.6) is 0 Å². The van der Waals surface area contributed by atoms with E-state index in [1.807, 2.05) is 24.3 Å². The lowest BCUT2D eigenvalue weighted by atomic mass is 10.0. The van der Waals surface area contributed by atoms with Crippen LogP contribution in [0, 0.1) is 0 Å². The summed E-state index contributed by atoms with van der Waals surface area (Å²) in [5, 5.41) is 4.10. The SMILES string of the molecule is O=C1/C=C\C(=O)OC2c3c([nH]c4ccccc34)CCNC2O1. The molecule has 112 valence electrons. The highest BCUT2D eigenvalue weighted by Crippen LogP contribution is 2.35. The first-order valence-corrected chi connectivity index (χ1v) is 7.14. The Morgan fingerprint density at radius 3 is 2.68 bits per heavy atom. The van der Waals surface area contributed by atoms with Gasteiger partial charge >= 0.3 is 11.9 Å². The molecule has 6 heteroatoms. The molecular formula is C16H14N2O4. The number of hydrogen-bond acceptors (Lipinski definition) is 5. The highest BCUT2D eigenvalue weighted by Gasteiger charge is 2.36. The number of aromatic amines is 1. The van der Waals surface area contributed by atoms with Crippen LogP contribution in [0.15, 0.2) is 36.4 Å². The predicted octanol–water partition coefficient (Wildman–Crippen LogP) is 1.34. The number of nitrogens with one attached hydrogen (secondary N) is 2. The van der Waals surface area contributed by atoms with Crippen molar-refractivity contribution in [3.8, 4) is 0 Å². The molecule has 6 nitrogen and oxygen atoms in total. The van der Waals surface area contributed by atoms with Gasteiger partial charge in [-0.15, -0.1) is 0 Å². The first-order valence-electron chi connectivity index (χ1n) is 7.14. The Morgan fingerprint density at radius 1 is 1.05 bits per heavy atom. The van der Waals surface area contributed by atoms with Crippen LogP contribution < -0.4 is 5.32 Å². The number of para-hydroxylation sites is 1. The topological polar surface area (TPSA) is 80.4 Å². The van der Waals surface area contributed by atoms with Crippen molar-refractivity contribution in [2.45, 2.75) is 18.8 Å². The number of carbonyl (C=O) groups excluding carboxylic acids is 2. The second-order valence-electron chi connectivity index (χ2n) is 5.32. The number of H-pyrrole nitrogens is 1. The lowest BCUT2D eigenvalue weighted by Crippen LogP contribution is -2.40. The fourth-order valence-corrected chi connectivity index (χ4v) is 3.03.